The maximum absolute atomic E-state index is 11.9. The molecule has 126 valence electrons. The van der Waals surface area contributed by atoms with E-state index in [0.29, 0.717) is 26.4 Å². The van der Waals surface area contributed by atoms with Crippen molar-refractivity contribution in [2.45, 2.75) is 0 Å². The van der Waals surface area contributed by atoms with Crippen molar-refractivity contribution in [1.29, 1.82) is 0 Å². The van der Waals surface area contributed by atoms with Gasteiger partial charge in [0.2, 0.25) is 11.8 Å². The van der Waals surface area contributed by atoms with Crippen molar-refractivity contribution in [3.8, 4) is 0 Å². The molecule has 0 aliphatic carbocycles. The van der Waals surface area contributed by atoms with Crippen LogP contribution in [0.2, 0.25) is 15.1 Å². The van der Waals surface area contributed by atoms with Crippen molar-refractivity contribution in [1.82, 2.24) is 0 Å². The summed E-state index contributed by atoms with van der Waals surface area (Å²) in [5.41, 5.74) is 1.02. The van der Waals surface area contributed by atoms with Gasteiger partial charge in [0.25, 0.3) is 0 Å². The normalized spacial score (nSPS) is 10.3. The van der Waals surface area contributed by atoms with E-state index in [4.69, 9.17) is 34.8 Å². The predicted molar refractivity (Wildman–Crippen MR) is 102 cm³/mol. The summed E-state index contributed by atoms with van der Waals surface area (Å²) in [4.78, 5) is 23.7. The van der Waals surface area contributed by atoms with Crippen LogP contribution in [0.15, 0.2) is 42.5 Å². The average Bonchev–Trinajstić information content (AvgIpc) is 2.53. The number of nitrogens with one attached hydrogen (secondary N) is 2. The second-order valence-corrected chi connectivity index (χ2v) is 6.93. The molecule has 0 atom stereocenters. The lowest BCUT2D eigenvalue weighted by atomic mass is 10.3. The monoisotopic (exact) mass is 402 g/mol. The largest absolute Gasteiger partial charge is 0.325 e. The topological polar surface area (TPSA) is 58.2 Å². The summed E-state index contributed by atoms with van der Waals surface area (Å²) in [5, 5.41) is 6.68. The van der Waals surface area contributed by atoms with Crippen molar-refractivity contribution < 1.29 is 9.59 Å². The highest BCUT2D eigenvalue weighted by Crippen LogP contribution is 2.29. The number of hydrogen-bond acceptors (Lipinski definition) is 3. The Kier molecular flexibility index (Phi) is 7.24. The van der Waals surface area contributed by atoms with Gasteiger partial charge in [-0.25, -0.2) is 0 Å². The second kappa shape index (κ2) is 9.18. The van der Waals surface area contributed by atoms with Gasteiger partial charge in [0, 0.05) is 10.7 Å². The molecule has 2 aromatic carbocycles. The minimum Gasteiger partial charge on any atom is -0.325 e. The fourth-order valence-electron chi connectivity index (χ4n) is 1.76. The number of thioether (sulfide) groups is 1. The fraction of sp³-hybridized carbons (Fsp3) is 0.125. The quantitative estimate of drug-likeness (QED) is 0.717. The van der Waals surface area contributed by atoms with Gasteiger partial charge in [-0.1, -0.05) is 40.9 Å². The van der Waals surface area contributed by atoms with Crippen molar-refractivity contribution in [2.24, 2.45) is 0 Å². The minimum atomic E-state index is -0.283. The molecule has 0 saturated carbocycles. The molecule has 0 spiro atoms. The number of halogens is 3. The average molecular weight is 404 g/mol. The van der Waals surface area contributed by atoms with Gasteiger partial charge in [0.05, 0.1) is 27.2 Å². The molecule has 0 fully saturated rings. The minimum absolute atomic E-state index is 0.107. The SMILES string of the molecule is O=C(CSCC(=O)Nc1c(Cl)cccc1Cl)Nc1ccc(Cl)cc1. The summed E-state index contributed by atoms with van der Waals surface area (Å²) >= 11 is 18.9. The van der Waals surface area contributed by atoms with Gasteiger partial charge >= 0.3 is 0 Å². The number of hydrogen-bond donors (Lipinski definition) is 2. The molecule has 0 aliphatic rings. The van der Waals surface area contributed by atoms with E-state index in [9.17, 15) is 9.59 Å². The number of benzene rings is 2. The molecule has 0 bridgehead atoms. The number of anilines is 2. The van der Waals surface area contributed by atoms with Gasteiger partial charge in [0.15, 0.2) is 0 Å². The van der Waals surface area contributed by atoms with Crippen LogP contribution in [0.5, 0.6) is 0 Å². The van der Waals surface area contributed by atoms with E-state index in [0.717, 1.165) is 0 Å². The first-order valence-electron chi connectivity index (χ1n) is 6.83. The second-order valence-electron chi connectivity index (χ2n) is 4.69. The molecule has 24 heavy (non-hydrogen) atoms. The van der Waals surface area contributed by atoms with E-state index in [2.05, 4.69) is 10.6 Å². The van der Waals surface area contributed by atoms with Gasteiger partial charge < -0.3 is 10.6 Å². The highest BCUT2D eigenvalue weighted by atomic mass is 35.5. The Hall–Kier alpha value is -1.40. The van der Waals surface area contributed by atoms with Crippen LogP contribution in [-0.4, -0.2) is 23.3 Å². The molecule has 8 heteroatoms. The third kappa shape index (κ3) is 5.91. The lowest BCUT2D eigenvalue weighted by Crippen LogP contribution is -2.18. The van der Waals surface area contributed by atoms with Crippen LogP contribution in [0.3, 0.4) is 0 Å². The molecule has 0 heterocycles. The van der Waals surface area contributed by atoms with Crippen LogP contribution in [0.4, 0.5) is 11.4 Å². The predicted octanol–water partition coefficient (Wildman–Crippen LogP) is 4.96. The van der Waals surface area contributed by atoms with E-state index in [1.807, 2.05) is 0 Å². The summed E-state index contributed by atoms with van der Waals surface area (Å²) in [7, 11) is 0. The summed E-state index contributed by atoms with van der Waals surface area (Å²) in [6.45, 7) is 0. The molecule has 0 saturated heterocycles. The third-order valence-electron chi connectivity index (χ3n) is 2.82. The maximum Gasteiger partial charge on any atom is 0.234 e. The first-order valence-corrected chi connectivity index (χ1v) is 9.11. The van der Waals surface area contributed by atoms with Crippen LogP contribution in [0, 0.1) is 0 Å². The first-order chi connectivity index (χ1) is 11.5. The van der Waals surface area contributed by atoms with Crippen LogP contribution in [-0.2, 0) is 9.59 Å². The van der Waals surface area contributed by atoms with Crippen LogP contribution in [0.25, 0.3) is 0 Å². The smallest absolute Gasteiger partial charge is 0.234 e. The zero-order chi connectivity index (χ0) is 17.5. The van der Waals surface area contributed by atoms with E-state index in [1.54, 1.807) is 42.5 Å². The molecule has 0 aromatic heterocycles. The Morgan fingerprint density at radius 1 is 0.833 bits per heavy atom. The first kappa shape index (κ1) is 18.9. The zero-order valence-electron chi connectivity index (χ0n) is 12.3. The number of amides is 2. The molecule has 2 amide bonds. The molecule has 0 aliphatic heterocycles. The Morgan fingerprint density at radius 2 is 1.38 bits per heavy atom. The molecule has 2 rings (SSSR count). The molecule has 2 N–H and O–H groups in total. The van der Waals surface area contributed by atoms with Crippen molar-refractivity contribution in [3.63, 3.8) is 0 Å². The highest BCUT2D eigenvalue weighted by Gasteiger charge is 2.10. The van der Waals surface area contributed by atoms with Gasteiger partial charge in [0.1, 0.15) is 0 Å². The number of rotatable bonds is 6. The Morgan fingerprint density at radius 3 is 1.96 bits per heavy atom. The van der Waals surface area contributed by atoms with Crippen molar-refractivity contribution >= 4 is 69.8 Å². The van der Waals surface area contributed by atoms with E-state index in [1.165, 1.54) is 11.8 Å². The highest BCUT2D eigenvalue weighted by molar-refractivity contribution is 8.00. The van der Waals surface area contributed by atoms with E-state index >= 15 is 0 Å². The van der Waals surface area contributed by atoms with Crippen molar-refractivity contribution in [3.05, 3.63) is 57.5 Å². The Labute approximate surface area is 158 Å². The van der Waals surface area contributed by atoms with E-state index in [-0.39, 0.29) is 23.3 Å². The van der Waals surface area contributed by atoms with E-state index < -0.39 is 0 Å². The summed E-state index contributed by atoms with van der Waals surface area (Å²) < 4.78 is 0. The third-order valence-corrected chi connectivity index (χ3v) is 4.64. The van der Waals surface area contributed by atoms with Gasteiger partial charge in [-0.3, -0.25) is 9.59 Å². The fourth-order valence-corrected chi connectivity index (χ4v) is 2.99. The standard InChI is InChI=1S/C16H13Cl3N2O2S/c17-10-4-6-11(7-5-10)20-14(22)8-24-9-15(23)21-16-12(18)2-1-3-13(16)19/h1-7H,8-9H2,(H,20,22)(H,21,23). The summed E-state index contributed by atoms with van der Waals surface area (Å²) in [5.74, 6) is -0.234. The van der Waals surface area contributed by atoms with Gasteiger partial charge in [-0.05, 0) is 36.4 Å². The molecule has 0 unspecified atom stereocenters. The molecular formula is C16H13Cl3N2O2S. The lowest BCUT2D eigenvalue weighted by molar-refractivity contribution is -0.114. The van der Waals surface area contributed by atoms with Gasteiger partial charge in [-0.15, -0.1) is 11.8 Å². The zero-order valence-corrected chi connectivity index (χ0v) is 15.4. The Balaban J connectivity index is 1.76. The summed E-state index contributed by atoms with van der Waals surface area (Å²) in [6.07, 6.45) is 0. The Bertz CT molecular complexity index is 718. The van der Waals surface area contributed by atoms with Crippen LogP contribution >= 0.6 is 46.6 Å². The number of para-hydroxylation sites is 1. The molecule has 0 radical (unpaired) electrons. The van der Waals surface area contributed by atoms with Gasteiger partial charge in [-0.2, -0.15) is 0 Å². The lowest BCUT2D eigenvalue weighted by Gasteiger charge is -2.09. The number of carbonyl (C=O) groups is 2. The van der Waals surface area contributed by atoms with Crippen LogP contribution < -0.4 is 10.6 Å². The number of carbonyl (C=O) groups excluding carboxylic acids is 2. The maximum atomic E-state index is 11.9. The molecule has 4 nitrogen and oxygen atoms in total. The molecule has 2 aromatic rings. The van der Waals surface area contributed by atoms with Crippen molar-refractivity contribution in [2.75, 3.05) is 22.1 Å². The van der Waals surface area contributed by atoms with Crippen LogP contribution in [0.1, 0.15) is 0 Å². The summed E-state index contributed by atoms with van der Waals surface area (Å²) in [6, 6.07) is 11.7. The molecular weight excluding hydrogens is 391 g/mol.